The Balaban J connectivity index is 1.46. The maximum atomic E-state index is 14.4. The van der Waals surface area contributed by atoms with Gasteiger partial charge in [-0.25, -0.2) is 9.18 Å². The average molecular weight is 499 g/mol. The van der Waals surface area contributed by atoms with Crippen LogP contribution in [-0.4, -0.2) is 55.3 Å². The fraction of sp³-hybridized carbons (Fsp3) is 0.267. The van der Waals surface area contributed by atoms with Crippen molar-refractivity contribution in [2.24, 2.45) is 0 Å². The van der Waals surface area contributed by atoms with Gasteiger partial charge in [-0.05, 0) is 30.7 Å². The van der Waals surface area contributed by atoms with Crippen molar-refractivity contribution in [2.45, 2.75) is 18.9 Å². The van der Waals surface area contributed by atoms with E-state index in [4.69, 9.17) is 9.72 Å². The molecule has 1 saturated heterocycles. The van der Waals surface area contributed by atoms with E-state index in [9.17, 15) is 9.18 Å². The van der Waals surface area contributed by atoms with Crippen LogP contribution in [0.15, 0.2) is 78.9 Å². The van der Waals surface area contributed by atoms with E-state index in [1.165, 1.54) is 17.7 Å². The summed E-state index contributed by atoms with van der Waals surface area (Å²) >= 11 is 0. The van der Waals surface area contributed by atoms with Gasteiger partial charge in [-0.3, -0.25) is 9.88 Å². The molecule has 2 heterocycles. The third-order valence-electron chi connectivity index (χ3n) is 6.99. The molecular formula is C30H31FN4O2. The van der Waals surface area contributed by atoms with E-state index in [-0.39, 0.29) is 23.8 Å². The van der Waals surface area contributed by atoms with E-state index >= 15 is 0 Å². The van der Waals surface area contributed by atoms with Gasteiger partial charge in [0.1, 0.15) is 5.82 Å². The molecule has 2 N–H and O–H groups in total. The third kappa shape index (κ3) is 5.48. The molecule has 0 spiro atoms. The minimum atomic E-state index is -0.366. The Labute approximate surface area is 216 Å². The number of aromatic nitrogens is 1. The standard InChI is InChI=1S/C30H31FN4O2/c1-20-24-14-13-23(31)17-25(24)29(28(32-20)22-11-7-4-8-12-22)34-30(36)33-27-19-35(15-16-37-2)18-26(27)21-9-5-3-6-10-21/h3-14,17,26-27H,15-16,18-19H2,1-2H3,(H2,33,34,36)/t26-,27+/m0/s1. The number of aryl methyl sites for hydroxylation is 1. The van der Waals surface area contributed by atoms with Gasteiger partial charge in [-0.1, -0.05) is 60.7 Å². The van der Waals surface area contributed by atoms with E-state index in [0.29, 0.717) is 29.9 Å². The number of benzene rings is 3. The topological polar surface area (TPSA) is 66.5 Å². The normalized spacial score (nSPS) is 17.7. The first-order valence-electron chi connectivity index (χ1n) is 12.5. The van der Waals surface area contributed by atoms with Gasteiger partial charge >= 0.3 is 6.03 Å². The number of hydrogen-bond acceptors (Lipinski definition) is 4. The number of urea groups is 1. The molecule has 37 heavy (non-hydrogen) atoms. The largest absolute Gasteiger partial charge is 0.383 e. The van der Waals surface area contributed by atoms with E-state index < -0.39 is 0 Å². The fourth-order valence-corrected chi connectivity index (χ4v) is 5.17. The molecular weight excluding hydrogens is 467 g/mol. The Hall–Kier alpha value is -3.81. The first-order chi connectivity index (χ1) is 18.0. The minimum absolute atomic E-state index is 0.0964. The highest BCUT2D eigenvalue weighted by molar-refractivity contribution is 6.07. The molecule has 2 atom stereocenters. The quantitative estimate of drug-likeness (QED) is 0.349. The smallest absolute Gasteiger partial charge is 0.319 e. The van der Waals surface area contributed by atoms with Crippen LogP contribution < -0.4 is 10.6 Å². The number of pyridine rings is 1. The lowest BCUT2D eigenvalue weighted by molar-refractivity contribution is 0.159. The monoisotopic (exact) mass is 498 g/mol. The summed E-state index contributed by atoms with van der Waals surface area (Å²) in [6.07, 6.45) is 0. The summed E-state index contributed by atoms with van der Waals surface area (Å²) in [5, 5.41) is 7.66. The van der Waals surface area contributed by atoms with Gasteiger partial charge in [-0.2, -0.15) is 0 Å². The second-order valence-corrected chi connectivity index (χ2v) is 9.45. The first-order valence-corrected chi connectivity index (χ1v) is 12.5. The fourth-order valence-electron chi connectivity index (χ4n) is 5.17. The molecule has 1 aromatic heterocycles. The number of ether oxygens (including phenoxy) is 1. The van der Waals surface area contributed by atoms with Gasteiger partial charge < -0.3 is 15.4 Å². The molecule has 7 heteroatoms. The summed E-state index contributed by atoms with van der Waals surface area (Å²) in [7, 11) is 1.70. The maximum absolute atomic E-state index is 14.4. The molecule has 1 aliphatic heterocycles. The molecule has 0 saturated carbocycles. The Bertz CT molecular complexity index is 1380. The Kier molecular flexibility index (Phi) is 7.44. The molecule has 2 amide bonds. The lowest BCUT2D eigenvalue weighted by Crippen LogP contribution is -2.42. The number of rotatable bonds is 7. The second-order valence-electron chi connectivity index (χ2n) is 9.45. The van der Waals surface area contributed by atoms with Gasteiger partial charge in [0.2, 0.25) is 0 Å². The number of methoxy groups -OCH3 is 1. The highest BCUT2D eigenvalue weighted by Gasteiger charge is 2.34. The van der Waals surface area contributed by atoms with Gasteiger partial charge in [0.15, 0.2) is 0 Å². The van der Waals surface area contributed by atoms with Crippen LogP contribution in [0.3, 0.4) is 0 Å². The number of halogens is 1. The molecule has 5 rings (SSSR count). The zero-order valence-corrected chi connectivity index (χ0v) is 21.1. The number of amides is 2. The molecule has 4 aromatic rings. The lowest BCUT2D eigenvalue weighted by atomic mass is 9.94. The number of nitrogens with zero attached hydrogens (tertiary/aromatic N) is 2. The lowest BCUT2D eigenvalue weighted by Gasteiger charge is -2.22. The van der Waals surface area contributed by atoms with Crippen molar-refractivity contribution in [3.63, 3.8) is 0 Å². The van der Waals surface area contributed by atoms with E-state index in [0.717, 1.165) is 29.7 Å². The Morgan fingerprint density at radius 3 is 2.49 bits per heavy atom. The summed E-state index contributed by atoms with van der Waals surface area (Å²) in [4.78, 5) is 20.6. The number of anilines is 1. The highest BCUT2D eigenvalue weighted by atomic mass is 19.1. The van der Waals surface area contributed by atoms with Crippen molar-refractivity contribution in [1.82, 2.24) is 15.2 Å². The van der Waals surface area contributed by atoms with Crippen molar-refractivity contribution < 1.29 is 13.9 Å². The summed E-state index contributed by atoms with van der Waals surface area (Å²) in [5.41, 5.74) is 3.91. The zero-order chi connectivity index (χ0) is 25.8. The molecule has 0 aliphatic carbocycles. The number of nitrogens with one attached hydrogen (secondary N) is 2. The van der Waals surface area contributed by atoms with Gasteiger partial charge in [-0.15, -0.1) is 0 Å². The predicted molar refractivity (Wildman–Crippen MR) is 145 cm³/mol. The highest BCUT2D eigenvalue weighted by Crippen LogP contribution is 2.35. The Morgan fingerprint density at radius 2 is 1.76 bits per heavy atom. The number of carbonyl (C=O) groups excluding carboxylic acids is 1. The summed E-state index contributed by atoms with van der Waals surface area (Å²) in [6, 6.07) is 24.0. The molecule has 6 nitrogen and oxygen atoms in total. The van der Waals surface area contributed by atoms with Crippen molar-refractivity contribution in [3.05, 3.63) is 95.9 Å². The number of carbonyl (C=O) groups is 1. The van der Waals surface area contributed by atoms with Crippen LogP contribution in [0.2, 0.25) is 0 Å². The van der Waals surface area contributed by atoms with Crippen molar-refractivity contribution in [2.75, 3.05) is 38.7 Å². The van der Waals surface area contributed by atoms with Crippen LogP contribution in [0.1, 0.15) is 17.2 Å². The number of hydrogen-bond donors (Lipinski definition) is 2. The van der Waals surface area contributed by atoms with Crippen LogP contribution in [0.5, 0.6) is 0 Å². The van der Waals surface area contributed by atoms with Crippen LogP contribution >= 0.6 is 0 Å². The molecule has 0 radical (unpaired) electrons. The first kappa shape index (κ1) is 24.9. The van der Waals surface area contributed by atoms with E-state index in [1.54, 1.807) is 13.2 Å². The second kappa shape index (κ2) is 11.1. The van der Waals surface area contributed by atoms with Crippen molar-refractivity contribution in [3.8, 4) is 11.3 Å². The summed E-state index contributed by atoms with van der Waals surface area (Å²) in [6.45, 7) is 4.86. The van der Waals surface area contributed by atoms with Crippen LogP contribution in [-0.2, 0) is 4.74 Å². The van der Waals surface area contributed by atoms with Gasteiger partial charge in [0, 0.05) is 54.7 Å². The van der Waals surface area contributed by atoms with Crippen LogP contribution in [0.25, 0.3) is 22.0 Å². The average Bonchev–Trinajstić information content (AvgIpc) is 3.32. The Morgan fingerprint density at radius 1 is 1.03 bits per heavy atom. The molecule has 1 fully saturated rings. The number of likely N-dealkylation sites (tertiary alicyclic amines) is 1. The van der Waals surface area contributed by atoms with Crippen molar-refractivity contribution >= 4 is 22.5 Å². The van der Waals surface area contributed by atoms with Crippen molar-refractivity contribution in [1.29, 1.82) is 0 Å². The summed E-state index contributed by atoms with van der Waals surface area (Å²) in [5.74, 6) is -0.225. The molecule has 0 unspecified atom stereocenters. The SMILES string of the molecule is COCCN1C[C@@H](NC(=O)Nc2c(-c3ccccc3)nc(C)c3ccc(F)cc23)[C@H](c2ccccc2)C1. The van der Waals surface area contributed by atoms with Gasteiger partial charge in [0.25, 0.3) is 0 Å². The van der Waals surface area contributed by atoms with Crippen LogP contribution in [0.4, 0.5) is 14.9 Å². The third-order valence-corrected chi connectivity index (χ3v) is 6.99. The minimum Gasteiger partial charge on any atom is -0.383 e. The predicted octanol–water partition coefficient (Wildman–Crippen LogP) is 5.59. The molecule has 1 aliphatic rings. The zero-order valence-electron chi connectivity index (χ0n) is 21.1. The summed E-state index contributed by atoms with van der Waals surface area (Å²) < 4.78 is 19.6. The molecule has 0 bridgehead atoms. The van der Waals surface area contributed by atoms with E-state index in [2.05, 4.69) is 27.7 Å². The van der Waals surface area contributed by atoms with Crippen LogP contribution in [0, 0.1) is 12.7 Å². The maximum Gasteiger partial charge on any atom is 0.319 e. The molecule has 190 valence electrons. The molecule has 3 aromatic carbocycles. The number of fused-ring (bicyclic) bond motifs is 1. The van der Waals surface area contributed by atoms with E-state index in [1.807, 2.05) is 55.5 Å². The van der Waals surface area contributed by atoms with Gasteiger partial charge in [0.05, 0.1) is 24.0 Å².